The highest BCUT2D eigenvalue weighted by Crippen LogP contribution is 2.17. The van der Waals surface area contributed by atoms with Gasteiger partial charge in [-0.15, -0.1) is 0 Å². The van der Waals surface area contributed by atoms with Crippen molar-refractivity contribution in [1.29, 1.82) is 0 Å². The summed E-state index contributed by atoms with van der Waals surface area (Å²) in [5.74, 6) is 0.550. The second-order valence-electron chi connectivity index (χ2n) is 5.84. The van der Waals surface area contributed by atoms with Crippen LogP contribution in [0.3, 0.4) is 0 Å². The summed E-state index contributed by atoms with van der Waals surface area (Å²) in [5, 5.41) is 0. The fourth-order valence-corrected chi connectivity index (χ4v) is 2.83. The number of aromatic nitrogens is 2. The molecule has 0 unspecified atom stereocenters. The van der Waals surface area contributed by atoms with Gasteiger partial charge in [-0.25, -0.2) is 9.97 Å². The second kappa shape index (κ2) is 7.22. The number of nitrogens with zero attached hydrogens (tertiary/aromatic N) is 4. The van der Waals surface area contributed by atoms with Gasteiger partial charge in [-0.2, -0.15) is 0 Å². The molecule has 0 spiro atoms. The van der Waals surface area contributed by atoms with Gasteiger partial charge in [0.25, 0.3) is 5.91 Å². The lowest BCUT2D eigenvalue weighted by atomic mass is 10.2. The Labute approximate surface area is 137 Å². The molecule has 1 fully saturated rings. The molecule has 0 radical (unpaired) electrons. The number of carbonyl (C=O) groups is 1. The summed E-state index contributed by atoms with van der Waals surface area (Å²) in [6.07, 6.45) is 6.51. The molecule has 0 bridgehead atoms. The van der Waals surface area contributed by atoms with Crippen molar-refractivity contribution < 1.29 is 4.79 Å². The summed E-state index contributed by atoms with van der Waals surface area (Å²) in [7, 11) is 1.77. The second-order valence-corrected chi connectivity index (χ2v) is 5.84. The Morgan fingerprint density at radius 3 is 2.43 bits per heavy atom. The number of benzene rings is 1. The van der Waals surface area contributed by atoms with E-state index in [9.17, 15) is 4.79 Å². The van der Waals surface area contributed by atoms with Crippen molar-refractivity contribution in [3.8, 4) is 0 Å². The number of para-hydroxylation sites is 1. The molecular formula is C18H22N4O. The fraction of sp³-hybridized carbons (Fsp3) is 0.389. The molecule has 1 aliphatic heterocycles. The maximum atomic E-state index is 12.7. The van der Waals surface area contributed by atoms with E-state index in [1.807, 2.05) is 30.3 Å². The van der Waals surface area contributed by atoms with Crippen molar-refractivity contribution in [3.63, 3.8) is 0 Å². The van der Waals surface area contributed by atoms with E-state index in [2.05, 4.69) is 14.9 Å². The van der Waals surface area contributed by atoms with Gasteiger partial charge in [0.05, 0.1) is 0 Å². The first kappa shape index (κ1) is 15.5. The van der Waals surface area contributed by atoms with Crippen LogP contribution in [0.4, 0.5) is 11.6 Å². The van der Waals surface area contributed by atoms with Crippen LogP contribution in [0.25, 0.3) is 0 Å². The molecule has 1 aromatic heterocycles. The van der Waals surface area contributed by atoms with E-state index in [1.54, 1.807) is 24.2 Å². The number of amides is 1. The standard InChI is InChI=1S/C18H22N4O/c1-21(15-9-5-4-6-10-15)17(23)16-11-12-19-18(20-16)22-13-7-2-3-8-14-22/h4-6,9-12H,2-3,7-8,13-14H2,1H3. The van der Waals surface area contributed by atoms with Crippen molar-refractivity contribution in [2.45, 2.75) is 25.7 Å². The van der Waals surface area contributed by atoms with Gasteiger partial charge in [0, 0.05) is 32.0 Å². The predicted molar refractivity (Wildman–Crippen MR) is 91.9 cm³/mol. The van der Waals surface area contributed by atoms with Crippen LogP contribution in [0.15, 0.2) is 42.6 Å². The summed E-state index contributed by atoms with van der Waals surface area (Å²) in [6, 6.07) is 11.3. The number of anilines is 2. The largest absolute Gasteiger partial charge is 0.341 e. The first-order valence-electron chi connectivity index (χ1n) is 8.17. The highest BCUT2D eigenvalue weighted by atomic mass is 16.2. The smallest absolute Gasteiger partial charge is 0.276 e. The molecular weight excluding hydrogens is 288 g/mol. The Kier molecular flexibility index (Phi) is 4.86. The van der Waals surface area contributed by atoms with Crippen LogP contribution < -0.4 is 9.80 Å². The normalized spacial score (nSPS) is 15.1. The average Bonchev–Trinajstić information content (AvgIpc) is 2.91. The lowest BCUT2D eigenvalue weighted by molar-refractivity contribution is 0.0988. The number of hydrogen-bond acceptors (Lipinski definition) is 4. The van der Waals surface area contributed by atoms with Crippen molar-refractivity contribution in [2.75, 3.05) is 29.9 Å². The van der Waals surface area contributed by atoms with Crippen LogP contribution in [0, 0.1) is 0 Å². The molecule has 1 saturated heterocycles. The highest BCUT2D eigenvalue weighted by Gasteiger charge is 2.18. The van der Waals surface area contributed by atoms with Gasteiger partial charge in [-0.3, -0.25) is 4.79 Å². The Balaban J connectivity index is 1.80. The molecule has 2 aromatic rings. The van der Waals surface area contributed by atoms with Crippen molar-refractivity contribution in [3.05, 3.63) is 48.3 Å². The lowest BCUT2D eigenvalue weighted by Gasteiger charge is -2.21. The van der Waals surface area contributed by atoms with Crippen molar-refractivity contribution in [2.24, 2.45) is 0 Å². The maximum absolute atomic E-state index is 12.7. The van der Waals surface area contributed by atoms with E-state index in [-0.39, 0.29) is 5.91 Å². The molecule has 23 heavy (non-hydrogen) atoms. The Bertz CT molecular complexity index is 651. The number of hydrogen-bond donors (Lipinski definition) is 0. The van der Waals surface area contributed by atoms with E-state index in [0.717, 1.165) is 31.6 Å². The molecule has 5 nitrogen and oxygen atoms in total. The zero-order valence-electron chi connectivity index (χ0n) is 13.5. The summed E-state index contributed by atoms with van der Waals surface area (Å²) in [5.41, 5.74) is 1.29. The van der Waals surface area contributed by atoms with Crippen LogP contribution in [-0.2, 0) is 0 Å². The van der Waals surface area contributed by atoms with Crippen LogP contribution in [0.1, 0.15) is 36.2 Å². The third-order valence-corrected chi connectivity index (χ3v) is 4.20. The van der Waals surface area contributed by atoms with Crippen LogP contribution in [0.2, 0.25) is 0 Å². The van der Waals surface area contributed by atoms with Gasteiger partial charge < -0.3 is 9.80 Å². The quantitative estimate of drug-likeness (QED) is 0.874. The summed E-state index contributed by atoms with van der Waals surface area (Å²) in [4.78, 5) is 25.3. The van der Waals surface area contributed by atoms with Gasteiger partial charge in [0.15, 0.2) is 0 Å². The molecule has 1 amide bonds. The molecule has 0 saturated carbocycles. The van der Waals surface area contributed by atoms with E-state index in [4.69, 9.17) is 0 Å². The average molecular weight is 310 g/mol. The maximum Gasteiger partial charge on any atom is 0.276 e. The van der Waals surface area contributed by atoms with Gasteiger partial charge in [-0.05, 0) is 31.0 Å². The van der Waals surface area contributed by atoms with Gasteiger partial charge in [0.2, 0.25) is 5.95 Å². The number of rotatable bonds is 3. The van der Waals surface area contributed by atoms with Gasteiger partial charge in [-0.1, -0.05) is 31.0 Å². The van der Waals surface area contributed by atoms with Crippen molar-refractivity contribution in [1.82, 2.24) is 9.97 Å². The molecule has 1 aromatic carbocycles. The fourth-order valence-electron chi connectivity index (χ4n) is 2.83. The van der Waals surface area contributed by atoms with E-state index in [0.29, 0.717) is 11.6 Å². The Morgan fingerprint density at radius 1 is 1.04 bits per heavy atom. The Morgan fingerprint density at radius 2 is 1.74 bits per heavy atom. The van der Waals surface area contributed by atoms with Crippen LogP contribution in [-0.4, -0.2) is 36.0 Å². The predicted octanol–water partition coefficient (Wildman–Crippen LogP) is 3.13. The monoisotopic (exact) mass is 310 g/mol. The zero-order chi connectivity index (χ0) is 16.1. The molecule has 2 heterocycles. The van der Waals surface area contributed by atoms with Crippen LogP contribution >= 0.6 is 0 Å². The minimum Gasteiger partial charge on any atom is -0.341 e. The highest BCUT2D eigenvalue weighted by molar-refractivity contribution is 6.04. The molecule has 0 N–H and O–H groups in total. The molecule has 3 rings (SSSR count). The molecule has 5 heteroatoms. The molecule has 0 atom stereocenters. The molecule has 120 valence electrons. The summed E-state index contributed by atoms with van der Waals surface area (Å²) < 4.78 is 0. The number of carbonyl (C=O) groups excluding carboxylic acids is 1. The molecule has 0 aliphatic carbocycles. The minimum absolute atomic E-state index is 0.116. The summed E-state index contributed by atoms with van der Waals surface area (Å²) >= 11 is 0. The van der Waals surface area contributed by atoms with Gasteiger partial charge in [0.1, 0.15) is 5.69 Å². The molecule has 1 aliphatic rings. The topological polar surface area (TPSA) is 49.3 Å². The SMILES string of the molecule is CN(C(=O)c1ccnc(N2CCCCCC2)n1)c1ccccc1. The van der Waals surface area contributed by atoms with E-state index >= 15 is 0 Å². The van der Waals surface area contributed by atoms with E-state index < -0.39 is 0 Å². The van der Waals surface area contributed by atoms with Gasteiger partial charge >= 0.3 is 0 Å². The first-order chi connectivity index (χ1) is 11.3. The first-order valence-corrected chi connectivity index (χ1v) is 8.17. The van der Waals surface area contributed by atoms with E-state index in [1.165, 1.54) is 12.8 Å². The third kappa shape index (κ3) is 3.67. The Hall–Kier alpha value is -2.43. The third-order valence-electron chi connectivity index (χ3n) is 4.20. The van der Waals surface area contributed by atoms with Crippen LogP contribution in [0.5, 0.6) is 0 Å². The zero-order valence-corrected chi connectivity index (χ0v) is 13.5. The lowest BCUT2D eigenvalue weighted by Crippen LogP contribution is -2.30. The van der Waals surface area contributed by atoms with Crippen molar-refractivity contribution >= 4 is 17.5 Å². The summed E-state index contributed by atoms with van der Waals surface area (Å²) in [6.45, 7) is 1.93. The minimum atomic E-state index is -0.116.